The van der Waals surface area contributed by atoms with E-state index in [0.29, 0.717) is 11.3 Å². The summed E-state index contributed by atoms with van der Waals surface area (Å²) in [6, 6.07) is 0. The molecule has 4 aliphatic carbocycles. The normalized spacial score (nSPS) is 48.5. The van der Waals surface area contributed by atoms with E-state index < -0.39 is 0 Å². The Hall–Kier alpha value is -1.11. The fourth-order valence-corrected chi connectivity index (χ4v) is 6.20. The number of carbonyl (C=O) groups is 1. The molecule has 21 heavy (non-hydrogen) atoms. The summed E-state index contributed by atoms with van der Waals surface area (Å²) in [7, 11) is 0. The van der Waals surface area contributed by atoms with Crippen LogP contribution >= 0.6 is 0 Å². The van der Waals surface area contributed by atoms with Crippen LogP contribution in [0.3, 0.4) is 0 Å². The third kappa shape index (κ3) is 1.73. The van der Waals surface area contributed by atoms with Gasteiger partial charge in [-0.1, -0.05) is 38.5 Å². The van der Waals surface area contributed by atoms with Gasteiger partial charge in [0.15, 0.2) is 5.78 Å². The first-order valence-corrected chi connectivity index (χ1v) is 8.58. The van der Waals surface area contributed by atoms with E-state index in [1.54, 1.807) is 6.08 Å². The monoisotopic (exact) mass is 282 g/mol. The molecule has 0 amide bonds. The minimum Gasteiger partial charge on any atom is -0.290 e. The van der Waals surface area contributed by atoms with Crippen LogP contribution < -0.4 is 0 Å². The predicted molar refractivity (Wildman–Crippen MR) is 85.8 cm³/mol. The van der Waals surface area contributed by atoms with Crippen LogP contribution in [0, 0.1) is 28.6 Å². The summed E-state index contributed by atoms with van der Waals surface area (Å²) in [5.74, 6) is 2.49. The second-order valence-electron chi connectivity index (χ2n) is 8.35. The van der Waals surface area contributed by atoms with E-state index in [-0.39, 0.29) is 11.2 Å². The lowest BCUT2D eigenvalue weighted by Crippen LogP contribution is -2.48. The topological polar surface area (TPSA) is 17.1 Å². The number of ketones is 1. The summed E-state index contributed by atoms with van der Waals surface area (Å²) in [4.78, 5) is 11.8. The molecular weight excluding hydrogens is 256 g/mol. The van der Waals surface area contributed by atoms with Crippen LogP contribution in [0.5, 0.6) is 0 Å². The third-order valence-electron chi connectivity index (χ3n) is 7.31. The van der Waals surface area contributed by atoms with Crippen molar-refractivity contribution in [2.24, 2.45) is 28.6 Å². The minimum atomic E-state index is 0.0534. The Bertz CT molecular complexity index is 581. The first-order chi connectivity index (χ1) is 9.94. The molecule has 0 unspecified atom stereocenters. The van der Waals surface area contributed by atoms with E-state index in [4.69, 9.17) is 0 Å². The molecule has 0 heterocycles. The van der Waals surface area contributed by atoms with Crippen LogP contribution in [0.2, 0.25) is 0 Å². The standard InChI is InChI=1S/C20H26O/c1-13-11-15-16-5-4-8-19(16,2)9-7-17(15)20(3)10-6-14(21)12-18(13)20/h6,10,12,15-17H,1,4-5,7-9,11H2,2-3H3/t15-,16-,17-,19-,20+/m0/s1. The van der Waals surface area contributed by atoms with Crippen LogP contribution in [0.25, 0.3) is 0 Å². The highest BCUT2D eigenvalue weighted by Crippen LogP contribution is 2.65. The zero-order valence-electron chi connectivity index (χ0n) is 13.3. The van der Waals surface area contributed by atoms with Crippen molar-refractivity contribution in [2.75, 3.05) is 0 Å². The van der Waals surface area contributed by atoms with Crippen LogP contribution in [-0.4, -0.2) is 5.78 Å². The third-order valence-corrected chi connectivity index (χ3v) is 7.31. The molecule has 0 saturated heterocycles. The van der Waals surface area contributed by atoms with Gasteiger partial charge in [-0.05, 0) is 73.0 Å². The second kappa shape index (κ2) is 4.21. The average molecular weight is 282 g/mol. The fraction of sp³-hybridized carbons (Fsp3) is 0.650. The lowest BCUT2D eigenvalue weighted by molar-refractivity contribution is -0.110. The Morgan fingerprint density at radius 2 is 2.00 bits per heavy atom. The Kier molecular flexibility index (Phi) is 2.72. The van der Waals surface area contributed by atoms with Gasteiger partial charge in [0.2, 0.25) is 0 Å². The SMILES string of the molecule is C=C1C[C@H]2[C@@H]3CCC[C@@]3(C)CC[C@@H]2[C@@]2(C)C=CC(=O)C=C12. The molecular formula is C20H26O. The summed E-state index contributed by atoms with van der Waals surface area (Å²) in [6.07, 6.45) is 13.9. The highest BCUT2D eigenvalue weighted by molar-refractivity contribution is 6.01. The first-order valence-electron chi connectivity index (χ1n) is 8.58. The van der Waals surface area contributed by atoms with Crippen LogP contribution in [0.4, 0.5) is 0 Å². The summed E-state index contributed by atoms with van der Waals surface area (Å²) < 4.78 is 0. The van der Waals surface area contributed by atoms with Gasteiger partial charge in [-0.2, -0.15) is 0 Å². The molecule has 0 aromatic rings. The maximum absolute atomic E-state index is 11.8. The maximum Gasteiger partial charge on any atom is 0.178 e. The van der Waals surface area contributed by atoms with Gasteiger partial charge in [0.25, 0.3) is 0 Å². The molecule has 1 heteroatoms. The van der Waals surface area contributed by atoms with Crippen LogP contribution in [0.15, 0.2) is 36.0 Å². The average Bonchev–Trinajstić information content (AvgIpc) is 2.83. The number of fused-ring (bicyclic) bond motifs is 5. The summed E-state index contributed by atoms with van der Waals surface area (Å²) >= 11 is 0. The number of hydrogen-bond donors (Lipinski definition) is 0. The van der Waals surface area contributed by atoms with E-state index in [2.05, 4.69) is 26.5 Å². The van der Waals surface area contributed by atoms with E-state index in [1.807, 2.05) is 6.08 Å². The van der Waals surface area contributed by atoms with Gasteiger partial charge >= 0.3 is 0 Å². The summed E-state index contributed by atoms with van der Waals surface area (Å²) in [5.41, 5.74) is 3.09. The van der Waals surface area contributed by atoms with Gasteiger partial charge < -0.3 is 0 Å². The molecule has 3 saturated carbocycles. The molecule has 4 aliphatic rings. The largest absolute Gasteiger partial charge is 0.290 e. The molecule has 0 aromatic heterocycles. The fourth-order valence-electron chi connectivity index (χ4n) is 6.20. The van der Waals surface area contributed by atoms with Gasteiger partial charge in [0.1, 0.15) is 0 Å². The predicted octanol–water partition coefficient (Wildman–Crippen LogP) is 4.85. The maximum atomic E-state index is 11.8. The van der Waals surface area contributed by atoms with Crippen LogP contribution in [0.1, 0.15) is 52.4 Å². The minimum absolute atomic E-state index is 0.0534. The van der Waals surface area contributed by atoms with Crippen molar-refractivity contribution in [3.63, 3.8) is 0 Å². The molecule has 4 rings (SSSR count). The zero-order valence-corrected chi connectivity index (χ0v) is 13.3. The van der Waals surface area contributed by atoms with Crippen molar-refractivity contribution >= 4 is 5.78 Å². The molecule has 0 N–H and O–H groups in total. The van der Waals surface area contributed by atoms with Crippen molar-refractivity contribution in [1.82, 2.24) is 0 Å². The number of allylic oxidation sites excluding steroid dienone is 5. The summed E-state index contributed by atoms with van der Waals surface area (Å²) in [6.45, 7) is 9.23. The molecule has 0 radical (unpaired) electrons. The number of hydrogen-bond acceptors (Lipinski definition) is 1. The van der Waals surface area contributed by atoms with Crippen molar-refractivity contribution in [3.8, 4) is 0 Å². The molecule has 1 nitrogen and oxygen atoms in total. The van der Waals surface area contributed by atoms with E-state index in [0.717, 1.165) is 18.3 Å². The molecule has 0 spiro atoms. The van der Waals surface area contributed by atoms with Gasteiger partial charge in [-0.3, -0.25) is 4.79 Å². The Labute approximate surface area is 128 Å². The number of carbonyl (C=O) groups excluding carboxylic acids is 1. The van der Waals surface area contributed by atoms with E-state index >= 15 is 0 Å². The van der Waals surface area contributed by atoms with Crippen molar-refractivity contribution < 1.29 is 4.79 Å². The molecule has 112 valence electrons. The van der Waals surface area contributed by atoms with Crippen LogP contribution in [-0.2, 0) is 4.79 Å². The molecule has 0 aliphatic heterocycles. The van der Waals surface area contributed by atoms with E-state index in [1.165, 1.54) is 43.3 Å². The molecule has 5 atom stereocenters. The van der Waals surface area contributed by atoms with E-state index in [9.17, 15) is 4.79 Å². The smallest absolute Gasteiger partial charge is 0.178 e. The highest BCUT2D eigenvalue weighted by Gasteiger charge is 2.56. The lowest BCUT2D eigenvalue weighted by Gasteiger charge is -2.56. The van der Waals surface area contributed by atoms with Crippen molar-refractivity contribution in [1.29, 1.82) is 0 Å². The molecule has 3 fully saturated rings. The highest BCUT2D eigenvalue weighted by atomic mass is 16.1. The Balaban J connectivity index is 1.77. The first kappa shape index (κ1) is 13.5. The lowest BCUT2D eigenvalue weighted by atomic mass is 9.48. The quantitative estimate of drug-likeness (QED) is 0.620. The second-order valence-corrected chi connectivity index (χ2v) is 8.35. The van der Waals surface area contributed by atoms with Gasteiger partial charge in [0, 0.05) is 5.41 Å². The van der Waals surface area contributed by atoms with Crippen molar-refractivity contribution in [2.45, 2.75) is 52.4 Å². The van der Waals surface area contributed by atoms with Gasteiger partial charge in [0.05, 0.1) is 0 Å². The molecule has 0 bridgehead atoms. The van der Waals surface area contributed by atoms with Gasteiger partial charge in [-0.25, -0.2) is 0 Å². The van der Waals surface area contributed by atoms with Gasteiger partial charge in [-0.15, -0.1) is 0 Å². The Morgan fingerprint density at radius 3 is 2.81 bits per heavy atom. The Morgan fingerprint density at radius 1 is 1.19 bits per heavy atom. The molecule has 0 aromatic carbocycles. The summed E-state index contributed by atoms with van der Waals surface area (Å²) in [5, 5.41) is 0. The number of rotatable bonds is 0. The van der Waals surface area contributed by atoms with Crippen molar-refractivity contribution in [3.05, 3.63) is 36.0 Å². The zero-order chi connectivity index (χ0) is 14.8.